The highest BCUT2D eigenvalue weighted by Crippen LogP contribution is 2.30. The minimum atomic E-state index is -4.34. The van der Waals surface area contributed by atoms with Gasteiger partial charge in [-0.05, 0) is 52.2 Å². The summed E-state index contributed by atoms with van der Waals surface area (Å²) in [5, 5.41) is 0. The van der Waals surface area contributed by atoms with Crippen LogP contribution in [-0.4, -0.2) is 25.8 Å². The van der Waals surface area contributed by atoms with Gasteiger partial charge < -0.3 is 13.6 Å². The van der Waals surface area contributed by atoms with Crippen molar-refractivity contribution in [3.05, 3.63) is 35.4 Å². The van der Waals surface area contributed by atoms with Crippen LogP contribution in [-0.2, 0) is 21.4 Å². The van der Waals surface area contributed by atoms with Gasteiger partial charge in [0.05, 0.1) is 5.56 Å². The number of alkyl halides is 3. The molecule has 0 bridgehead atoms. The quantitative estimate of drug-likeness (QED) is 0.706. The van der Waals surface area contributed by atoms with Gasteiger partial charge in [0.1, 0.15) is 0 Å². The molecule has 0 aromatic heterocycles. The zero-order valence-corrected chi connectivity index (χ0v) is 15.0. The average molecular weight is 350 g/mol. The van der Waals surface area contributed by atoms with Gasteiger partial charge in [-0.2, -0.15) is 13.2 Å². The summed E-state index contributed by atoms with van der Waals surface area (Å²) in [6.45, 7) is 7.26. The van der Waals surface area contributed by atoms with E-state index in [1.807, 2.05) is 27.7 Å². The number of aryl methyl sites for hydroxylation is 1. The molecule has 1 N–H and O–H groups in total. The van der Waals surface area contributed by atoms with Crippen molar-refractivity contribution in [1.29, 1.82) is 0 Å². The minimum Gasteiger partial charge on any atom is -0.390 e. The number of halogens is 3. The molecule has 7 heteroatoms. The molecule has 132 valence electrons. The van der Waals surface area contributed by atoms with Gasteiger partial charge in [0.2, 0.25) is 0 Å². The molecule has 0 unspecified atom stereocenters. The second kappa shape index (κ2) is 8.28. The molecule has 0 radical (unpaired) electrons. The molecule has 0 heterocycles. The summed E-state index contributed by atoms with van der Waals surface area (Å²) in [6.07, 6.45) is -3.74. The maximum Gasteiger partial charge on any atom is 0.498 e. The Hall–Kier alpha value is -0.893. The van der Waals surface area contributed by atoms with Crippen LogP contribution in [0.25, 0.3) is 0 Å². The predicted octanol–water partition coefficient (Wildman–Crippen LogP) is 4.42. The molecule has 23 heavy (non-hydrogen) atoms. The van der Waals surface area contributed by atoms with Gasteiger partial charge in [-0.15, -0.1) is 0 Å². The Morgan fingerprint density at radius 3 is 2.13 bits per heavy atom. The van der Waals surface area contributed by atoms with E-state index in [0.29, 0.717) is 24.4 Å². The van der Waals surface area contributed by atoms with E-state index in [9.17, 15) is 18.0 Å². The van der Waals surface area contributed by atoms with Crippen LogP contribution in [0.3, 0.4) is 0 Å². The Labute approximate surface area is 136 Å². The smallest absolute Gasteiger partial charge is 0.390 e. The highest BCUT2D eigenvalue weighted by atomic mass is 28.4. The van der Waals surface area contributed by atoms with Gasteiger partial charge in [0.15, 0.2) is 0 Å². The van der Waals surface area contributed by atoms with Gasteiger partial charge in [-0.3, -0.25) is 0 Å². The summed E-state index contributed by atoms with van der Waals surface area (Å²) < 4.78 is 49.2. The van der Waals surface area contributed by atoms with Crippen molar-refractivity contribution in [1.82, 2.24) is 0 Å². The Morgan fingerprint density at radius 1 is 1.09 bits per heavy atom. The first-order chi connectivity index (χ1) is 10.5. The van der Waals surface area contributed by atoms with E-state index in [0.717, 1.165) is 12.1 Å². The summed E-state index contributed by atoms with van der Waals surface area (Å²) in [6, 6.07) is 5.57. The van der Waals surface area contributed by atoms with Crippen molar-refractivity contribution >= 4 is 8.80 Å². The molecule has 0 fully saturated rings. The second-order valence-corrected chi connectivity index (χ2v) is 8.49. The van der Waals surface area contributed by atoms with Crippen LogP contribution in [0.2, 0.25) is 6.04 Å². The lowest BCUT2D eigenvalue weighted by atomic mass is 10.1. The van der Waals surface area contributed by atoms with Crippen molar-refractivity contribution in [2.75, 3.05) is 0 Å². The summed E-state index contributed by atoms with van der Waals surface area (Å²) >= 11 is 0. The van der Waals surface area contributed by atoms with Crippen molar-refractivity contribution in [2.45, 2.75) is 65.0 Å². The molecule has 0 aliphatic rings. The first-order valence-corrected chi connectivity index (χ1v) is 9.73. The molecular weight excluding hydrogens is 325 g/mol. The number of rotatable bonds is 8. The molecule has 3 nitrogen and oxygen atoms in total. The maximum atomic E-state index is 12.7. The summed E-state index contributed by atoms with van der Waals surface area (Å²) in [5.41, 5.74) is -0.0652. The Morgan fingerprint density at radius 2 is 1.65 bits per heavy atom. The van der Waals surface area contributed by atoms with E-state index in [2.05, 4.69) is 0 Å². The van der Waals surface area contributed by atoms with E-state index in [1.165, 1.54) is 6.07 Å². The van der Waals surface area contributed by atoms with E-state index < -0.39 is 20.5 Å². The lowest BCUT2D eigenvalue weighted by Gasteiger charge is -2.28. The van der Waals surface area contributed by atoms with E-state index in [1.54, 1.807) is 6.07 Å². The highest BCUT2D eigenvalue weighted by molar-refractivity contribution is 6.59. The van der Waals surface area contributed by atoms with Crippen molar-refractivity contribution in [3.8, 4) is 0 Å². The zero-order chi connectivity index (χ0) is 17.7. The average Bonchev–Trinajstić information content (AvgIpc) is 2.35. The zero-order valence-electron chi connectivity index (χ0n) is 14.0. The molecule has 0 aliphatic heterocycles. The molecule has 1 aromatic carbocycles. The lowest BCUT2D eigenvalue weighted by molar-refractivity contribution is -0.137. The van der Waals surface area contributed by atoms with Crippen molar-refractivity contribution in [3.63, 3.8) is 0 Å². The third-order valence-electron chi connectivity index (χ3n) is 3.05. The third-order valence-corrected chi connectivity index (χ3v) is 5.72. The number of benzene rings is 1. The van der Waals surface area contributed by atoms with Crippen molar-refractivity contribution < 1.29 is 26.8 Å². The first kappa shape index (κ1) is 20.2. The molecule has 1 aromatic rings. The standard InChI is InChI=1S/C16H25F3O3Si/c1-12(2)21-23(20,22-13(3)4)10-6-8-14-7-5-9-15(11-14)16(17,18)19/h5,7,9,11-13,20H,6,8,10H2,1-4H3. The molecular formula is C16H25F3O3Si. The van der Waals surface area contributed by atoms with E-state index in [-0.39, 0.29) is 12.2 Å². The van der Waals surface area contributed by atoms with E-state index >= 15 is 0 Å². The number of hydrogen-bond acceptors (Lipinski definition) is 3. The van der Waals surface area contributed by atoms with Crippen LogP contribution in [0.4, 0.5) is 13.2 Å². The third kappa shape index (κ3) is 7.47. The Bertz CT molecular complexity index is 480. The fourth-order valence-electron chi connectivity index (χ4n) is 2.30. The van der Waals surface area contributed by atoms with Crippen LogP contribution >= 0.6 is 0 Å². The van der Waals surface area contributed by atoms with Gasteiger partial charge in [-0.1, -0.05) is 18.2 Å². The van der Waals surface area contributed by atoms with Crippen LogP contribution in [0, 0.1) is 0 Å². The Balaban J connectivity index is 2.66. The summed E-state index contributed by atoms with van der Waals surface area (Å²) in [4.78, 5) is 10.5. The van der Waals surface area contributed by atoms with Gasteiger partial charge in [0, 0.05) is 18.3 Å². The van der Waals surface area contributed by atoms with Crippen LogP contribution in [0.15, 0.2) is 24.3 Å². The lowest BCUT2D eigenvalue weighted by Crippen LogP contribution is -2.46. The topological polar surface area (TPSA) is 38.7 Å². The normalized spacial score (nSPS) is 13.1. The molecule has 0 atom stereocenters. The maximum absolute atomic E-state index is 12.7. The van der Waals surface area contributed by atoms with Gasteiger partial charge in [-0.25, -0.2) is 0 Å². The largest absolute Gasteiger partial charge is 0.498 e. The fourth-order valence-corrected chi connectivity index (χ4v) is 4.69. The molecule has 0 aliphatic carbocycles. The first-order valence-electron chi connectivity index (χ1n) is 7.76. The van der Waals surface area contributed by atoms with Gasteiger partial charge in [0.25, 0.3) is 0 Å². The SMILES string of the molecule is CC(C)O[Si](O)(CCCc1cccc(C(F)(F)F)c1)OC(C)C. The fraction of sp³-hybridized carbons (Fsp3) is 0.625. The second-order valence-electron chi connectivity index (χ2n) is 6.10. The molecule has 0 amide bonds. The summed E-state index contributed by atoms with van der Waals surface area (Å²) in [5.74, 6) is 0. The summed E-state index contributed by atoms with van der Waals surface area (Å²) in [7, 11) is -3.30. The minimum absolute atomic E-state index is 0.168. The van der Waals surface area contributed by atoms with Crippen LogP contribution in [0.5, 0.6) is 0 Å². The Kier molecular flexibility index (Phi) is 7.25. The molecule has 0 spiro atoms. The molecule has 0 saturated carbocycles. The van der Waals surface area contributed by atoms with Crippen LogP contribution < -0.4 is 0 Å². The molecule has 1 rings (SSSR count). The van der Waals surface area contributed by atoms with Crippen LogP contribution in [0.1, 0.15) is 45.2 Å². The van der Waals surface area contributed by atoms with E-state index in [4.69, 9.17) is 8.85 Å². The molecule has 0 saturated heterocycles. The highest BCUT2D eigenvalue weighted by Gasteiger charge is 2.38. The monoisotopic (exact) mass is 350 g/mol. The van der Waals surface area contributed by atoms with Crippen molar-refractivity contribution in [2.24, 2.45) is 0 Å². The number of hydrogen-bond donors (Lipinski definition) is 1. The van der Waals surface area contributed by atoms with Gasteiger partial charge >= 0.3 is 15.0 Å². The predicted molar refractivity (Wildman–Crippen MR) is 85.0 cm³/mol.